The average Bonchev–Trinajstić information content (AvgIpc) is 3.13. The number of alkyl halides is 3. The number of halogens is 3. The molecule has 1 fully saturated rings. The van der Waals surface area contributed by atoms with Crippen molar-refractivity contribution in [3.63, 3.8) is 0 Å². The van der Waals surface area contributed by atoms with E-state index >= 15 is 0 Å². The van der Waals surface area contributed by atoms with Crippen molar-refractivity contribution in [1.82, 2.24) is 4.98 Å². The molecule has 0 spiro atoms. The Labute approximate surface area is 154 Å². The van der Waals surface area contributed by atoms with Gasteiger partial charge >= 0.3 is 6.18 Å². The van der Waals surface area contributed by atoms with Crippen molar-refractivity contribution < 1.29 is 18.0 Å². The van der Waals surface area contributed by atoms with Gasteiger partial charge in [-0.3, -0.25) is 4.79 Å². The Morgan fingerprint density at radius 2 is 1.81 bits per heavy atom. The van der Waals surface area contributed by atoms with Crippen molar-refractivity contribution in [1.29, 1.82) is 0 Å². The minimum absolute atomic E-state index is 0.00494. The number of thioether (sulfide) groups is 1. The van der Waals surface area contributed by atoms with Crippen LogP contribution >= 0.6 is 11.8 Å². The minimum Gasteiger partial charge on any atom is -0.309 e. The van der Waals surface area contributed by atoms with Gasteiger partial charge < -0.3 is 5.32 Å². The first kappa shape index (κ1) is 18.8. The van der Waals surface area contributed by atoms with Crippen molar-refractivity contribution in [2.75, 3.05) is 5.32 Å². The van der Waals surface area contributed by atoms with Crippen LogP contribution in [0.25, 0.3) is 0 Å². The normalized spacial score (nSPS) is 16.4. The third-order valence-electron chi connectivity index (χ3n) is 4.33. The maximum atomic E-state index is 13.5. The van der Waals surface area contributed by atoms with Gasteiger partial charge in [0.25, 0.3) is 0 Å². The Bertz CT molecular complexity index is 746. The zero-order chi connectivity index (χ0) is 18.6. The summed E-state index contributed by atoms with van der Waals surface area (Å²) in [6, 6.07) is 10.4. The Kier molecular flexibility index (Phi) is 5.86. The standard InChI is InChI=1S/C19H19F3N2OS/c20-19(21,22)15-10-4-3-9-14(15)17(26-13-7-1-2-8-13)18(25)24-16-11-5-6-12-23-16/h3-6,9-13,17H,1-2,7-8H2,(H,23,24,25). The Balaban J connectivity index is 1.92. The van der Waals surface area contributed by atoms with Crippen LogP contribution in [0.15, 0.2) is 48.7 Å². The van der Waals surface area contributed by atoms with Crippen LogP contribution < -0.4 is 5.32 Å². The lowest BCUT2D eigenvalue weighted by molar-refractivity contribution is -0.138. The molecule has 1 heterocycles. The van der Waals surface area contributed by atoms with Crippen LogP contribution in [0, 0.1) is 0 Å². The largest absolute Gasteiger partial charge is 0.416 e. The summed E-state index contributed by atoms with van der Waals surface area (Å²) in [5.74, 6) is -0.142. The fraction of sp³-hybridized carbons (Fsp3) is 0.368. The first-order valence-electron chi connectivity index (χ1n) is 8.48. The van der Waals surface area contributed by atoms with Gasteiger partial charge in [-0.25, -0.2) is 4.98 Å². The quantitative estimate of drug-likeness (QED) is 0.749. The molecule has 1 aromatic heterocycles. The minimum atomic E-state index is -4.50. The number of nitrogens with zero attached hydrogens (tertiary/aromatic N) is 1. The molecule has 26 heavy (non-hydrogen) atoms. The number of anilines is 1. The van der Waals surface area contributed by atoms with Crippen molar-refractivity contribution >= 4 is 23.5 Å². The van der Waals surface area contributed by atoms with Gasteiger partial charge in [-0.2, -0.15) is 13.2 Å². The number of pyridine rings is 1. The molecule has 0 radical (unpaired) electrons. The topological polar surface area (TPSA) is 42.0 Å². The highest BCUT2D eigenvalue weighted by Gasteiger charge is 2.38. The van der Waals surface area contributed by atoms with Crippen LogP contribution in [0.5, 0.6) is 0 Å². The van der Waals surface area contributed by atoms with Gasteiger partial charge in [0.15, 0.2) is 0 Å². The molecule has 2 aromatic rings. The van der Waals surface area contributed by atoms with E-state index < -0.39 is 22.9 Å². The first-order valence-corrected chi connectivity index (χ1v) is 9.43. The van der Waals surface area contributed by atoms with E-state index in [1.807, 2.05) is 0 Å². The smallest absolute Gasteiger partial charge is 0.309 e. The van der Waals surface area contributed by atoms with Gasteiger partial charge in [0.1, 0.15) is 11.1 Å². The fourth-order valence-corrected chi connectivity index (χ4v) is 4.63. The summed E-state index contributed by atoms with van der Waals surface area (Å²) >= 11 is 1.32. The predicted octanol–water partition coefficient (Wildman–Crippen LogP) is 5.46. The first-order chi connectivity index (χ1) is 12.4. The van der Waals surface area contributed by atoms with Crippen molar-refractivity contribution in [3.8, 4) is 0 Å². The molecule has 1 aliphatic rings. The molecule has 1 aliphatic carbocycles. The molecule has 3 rings (SSSR count). The molecule has 1 aromatic carbocycles. The molecule has 138 valence electrons. The molecule has 1 amide bonds. The highest BCUT2D eigenvalue weighted by Crippen LogP contribution is 2.44. The van der Waals surface area contributed by atoms with E-state index in [0.29, 0.717) is 5.82 Å². The number of nitrogens with one attached hydrogen (secondary N) is 1. The third kappa shape index (κ3) is 4.58. The van der Waals surface area contributed by atoms with E-state index in [2.05, 4.69) is 10.3 Å². The second-order valence-electron chi connectivity index (χ2n) is 6.21. The van der Waals surface area contributed by atoms with Crippen molar-refractivity contribution in [3.05, 3.63) is 59.8 Å². The predicted molar refractivity (Wildman–Crippen MR) is 96.9 cm³/mol. The van der Waals surface area contributed by atoms with Crippen LogP contribution in [-0.2, 0) is 11.0 Å². The number of hydrogen-bond acceptors (Lipinski definition) is 3. The molecular formula is C19H19F3N2OS. The van der Waals surface area contributed by atoms with E-state index in [9.17, 15) is 18.0 Å². The highest BCUT2D eigenvalue weighted by molar-refractivity contribution is 8.00. The van der Waals surface area contributed by atoms with Gasteiger partial charge in [0.05, 0.1) is 5.56 Å². The Hall–Kier alpha value is -2.02. The maximum absolute atomic E-state index is 13.5. The molecule has 7 heteroatoms. The van der Waals surface area contributed by atoms with E-state index in [-0.39, 0.29) is 10.8 Å². The SMILES string of the molecule is O=C(Nc1ccccn1)C(SC1CCCC1)c1ccccc1C(F)(F)F. The highest BCUT2D eigenvalue weighted by atomic mass is 32.2. The van der Waals surface area contributed by atoms with E-state index in [1.54, 1.807) is 24.3 Å². The van der Waals surface area contributed by atoms with Crippen LogP contribution in [0.4, 0.5) is 19.0 Å². The number of benzene rings is 1. The monoisotopic (exact) mass is 380 g/mol. The number of carbonyl (C=O) groups is 1. The molecule has 1 saturated carbocycles. The number of hydrogen-bond donors (Lipinski definition) is 1. The van der Waals surface area contributed by atoms with Gasteiger partial charge in [-0.15, -0.1) is 11.8 Å². The zero-order valence-corrected chi connectivity index (χ0v) is 14.8. The van der Waals surface area contributed by atoms with E-state index in [1.165, 1.54) is 30.1 Å². The molecule has 1 unspecified atom stereocenters. The fourth-order valence-electron chi connectivity index (χ4n) is 3.11. The average molecular weight is 380 g/mol. The van der Waals surface area contributed by atoms with Crippen molar-refractivity contribution in [2.45, 2.75) is 42.4 Å². The molecule has 0 bridgehead atoms. The Morgan fingerprint density at radius 1 is 1.12 bits per heavy atom. The lowest BCUT2D eigenvalue weighted by Crippen LogP contribution is -2.24. The Morgan fingerprint density at radius 3 is 2.46 bits per heavy atom. The molecular weight excluding hydrogens is 361 g/mol. The summed E-state index contributed by atoms with van der Waals surface area (Å²) in [6.45, 7) is 0. The van der Waals surface area contributed by atoms with Crippen LogP contribution in [0.3, 0.4) is 0 Å². The van der Waals surface area contributed by atoms with Crippen molar-refractivity contribution in [2.24, 2.45) is 0 Å². The zero-order valence-electron chi connectivity index (χ0n) is 14.0. The summed E-state index contributed by atoms with van der Waals surface area (Å²) in [6.07, 6.45) is 0.966. The maximum Gasteiger partial charge on any atom is 0.416 e. The number of aromatic nitrogens is 1. The lowest BCUT2D eigenvalue weighted by atomic mass is 10.0. The van der Waals surface area contributed by atoms with Gasteiger partial charge in [-0.1, -0.05) is 37.1 Å². The second-order valence-corrected chi connectivity index (χ2v) is 7.62. The van der Waals surface area contributed by atoms with Crippen LogP contribution in [-0.4, -0.2) is 16.1 Å². The molecule has 0 aliphatic heterocycles. The van der Waals surface area contributed by atoms with E-state index in [0.717, 1.165) is 31.7 Å². The number of rotatable bonds is 5. The van der Waals surface area contributed by atoms with E-state index in [4.69, 9.17) is 0 Å². The molecule has 3 nitrogen and oxygen atoms in total. The van der Waals surface area contributed by atoms with Gasteiger partial charge in [0.2, 0.25) is 5.91 Å². The lowest BCUT2D eigenvalue weighted by Gasteiger charge is -2.23. The number of amides is 1. The summed E-state index contributed by atoms with van der Waals surface area (Å²) in [4.78, 5) is 16.9. The molecule has 0 saturated heterocycles. The summed E-state index contributed by atoms with van der Waals surface area (Å²) < 4.78 is 40.4. The van der Waals surface area contributed by atoms with Gasteiger partial charge in [-0.05, 0) is 36.6 Å². The summed E-state index contributed by atoms with van der Waals surface area (Å²) in [5, 5.41) is 1.91. The molecule has 1 atom stereocenters. The van der Waals surface area contributed by atoms with Gasteiger partial charge in [0, 0.05) is 11.4 Å². The number of carbonyl (C=O) groups excluding carboxylic acids is 1. The second kappa shape index (κ2) is 8.12. The summed E-state index contributed by atoms with van der Waals surface area (Å²) in [5.41, 5.74) is -0.753. The van der Waals surface area contributed by atoms with Crippen LogP contribution in [0.2, 0.25) is 0 Å². The third-order valence-corrected chi connectivity index (χ3v) is 5.93. The molecule has 1 N–H and O–H groups in total. The summed E-state index contributed by atoms with van der Waals surface area (Å²) in [7, 11) is 0. The van der Waals surface area contributed by atoms with Crippen LogP contribution in [0.1, 0.15) is 42.1 Å².